The fourth-order valence-electron chi connectivity index (χ4n) is 6.14. The van der Waals surface area contributed by atoms with Crippen molar-refractivity contribution in [2.75, 3.05) is 42.4 Å². The molecule has 1 atom stereocenters. The standard InChI is InChI=1S/C35H30F3N5O6S/c1-2-48-30-9-5-6-10-31(30)50(46,47)43-28-16-11-23(22-39)21-27(28)34(33(43)45,26-7-3-4-8-29(26)49-35(36,37)38)41-25-14-12-24(13-15-25)32(44)42-19-17-40-18-20-42/h3-16,21,40-41H,2,17-20H2,1H3. The SMILES string of the molecule is CCOc1ccccc1S(=O)(=O)N1C(=O)C(Nc2ccc(C(=O)N3CCNCC3)cc2)(c2ccccc2OC(F)(F)F)c2cc(C#N)ccc21. The Balaban J connectivity index is 1.56. The van der Waals surface area contributed by atoms with E-state index >= 15 is 4.79 Å². The zero-order chi connectivity index (χ0) is 35.7. The molecule has 1 fully saturated rings. The Morgan fingerprint density at radius 3 is 2.28 bits per heavy atom. The average molecular weight is 706 g/mol. The van der Waals surface area contributed by atoms with E-state index in [1.165, 1.54) is 78.9 Å². The number of carbonyl (C=O) groups is 2. The average Bonchev–Trinajstić information content (AvgIpc) is 3.36. The molecule has 4 aromatic carbocycles. The lowest BCUT2D eigenvalue weighted by Crippen LogP contribution is -2.49. The fraction of sp³-hybridized carbons (Fsp3) is 0.229. The molecule has 0 saturated carbocycles. The second kappa shape index (κ2) is 13.4. The molecule has 0 aromatic heterocycles. The van der Waals surface area contributed by atoms with Crippen molar-refractivity contribution >= 4 is 33.2 Å². The Kier molecular flexibility index (Phi) is 9.17. The molecule has 6 rings (SSSR count). The predicted molar refractivity (Wildman–Crippen MR) is 176 cm³/mol. The lowest BCUT2D eigenvalue weighted by Gasteiger charge is -2.33. The van der Waals surface area contributed by atoms with E-state index in [9.17, 15) is 31.6 Å². The molecule has 1 saturated heterocycles. The normalized spacial score (nSPS) is 17.5. The second-order valence-corrected chi connectivity index (χ2v) is 13.1. The zero-order valence-electron chi connectivity index (χ0n) is 26.5. The van der Waals surface area contributed by atoms with Crippen LogP contribution < -0.4 is 24.4 Å². The largest absolute Gasteiger partial charge is 0.573 e. The molecule has 2 aliphatic heterocycles. The number of halogens is 3. The third kappa shape index (κ3) is 6.19. The minimum absolute atomic E-state index is 0.00266. The van der Waals surface area contributed by atoms with Crippen LogP contribution in [0.5, 0.6) is 11.5 Å². The number of piperazine rings is 1. The maximum absolute atomic E-state index is 15.0. The van der Waals surface area contributed by atoms with Crippen molar-refractivity contribution in [2.24, 2.45) is 0 Å². The predicted octanol–water partition coefficient (Wildman–Crippen LogP) is 4.99. The van der Waals surface area contributed by atoms with E-state index in [1.807, 2.05) is 6.07 Å². The third-order valence-corrected chi connectivity index (χ3v) is 10.0. The zero-order valence-corrected chi connectivity index (χ0v) is 27.3. The number of hydrogen-bond acceptors (Lipinski definition) is 9. The number of amides is 2. The van der Waals surface area contributed by atoms with Gasteiger partial charge in [0.25, 0.3) is 21.8 Å². The minimum Gasteiger partial charge on any atom is -0.492 e. The van der Waals surface area contributed by atoms with Gasteiger partial charge in [-0.2, -0.15) is 9.57 Å². The van der Waals surface area contributed by atoms with Crippen molar-refractivity contribution < 1.29 is 40.7 Å². The van der Waals surface area contributed by atoms with Gasteiger partial charge in [0.1, 0.15) is 16.4 Å². The highest BCUT2D eigenvalue weighted by Crippen LogP contribution is 2.52. The van der Waals surface area contributed by atoms with E-state index < -0.39 is 33.6 Å². The summed E-state index contributed by atoms with van der Waals surface area (Å²) >= 11 is 0. The summed E-state index contributed by atoms with van der Waals surface area (Å²) in [7, 11) is -4.81. The number of anilines is 2. The Morgan fingerprint density at radius 2 is 1.62 bits per heavy atom. The smallest absolute Gasteiger partial charge is 0.492 e. The molecule has 0 bridgehead atoms. The van der Waals surface area contributed by atoms with Crippen molar-refractivity contribution in [1.29, 1.82) is 5.26 Å². The van der Waals surface area contributed by atoms with Gasteiger partial charge >= 0.3 is 6.36 Å². The van der Waals surface area contributed by atoms with Crippen LogP contribution in [0.4, 0.5) is 24.5 Å². The van der Waals surface area contributed by atoms with E-state index in [0.29, 0.717) is 36.0 Å². The van der Waals surface area contributed by atoms with Gasteiger partial charge in [-0.3, -0.25) is 9.59 Å². The van der Waals surface area contributed by atoms with Crippen molar-refractivity contribution in [2.45, 2.75) is 23.7 Å². The molecule has 258 valence electrons. The van der Waals surface area contributed by atoms with Gasteiger partial charge in [-0.1, -0.05) is 30.3 Å². The lowest BCUT2D eigenvalue weighted by atomic mass is 9.82. The van der Waals surface area contributed by atoms with Crippen LogP contribution in [-0.2, 0) is 20.4 Å². The molecular formula is C35H30F3N5O6S. The van der Waals surface area contributed by atoms with E-state index in [4.69, 9.17) is 4.74 Å². The number of nitrogens with zero attached hydrogens (tertiary/aromatic N) is 3. The Bertz CT molecular complexity index is 2100. The Labute approximate surface area is 285 Å². The van der Waals surface area contributed by atoms with E-state index in [0.717, 1.165) is 6.07 Å². The lowest BCUT2D eigenvalue weighted by molar-refractivity contribution is -0.275. The van der Waals surface area contributed by atoms with Gasteiger partial charge in [0.2, 0.25) is 0 Å². The van der Waals surface area contributed by atoms with Crippen LogP contribution in [0, 0.1) is 11.3 Å². The molecule has 2 aliphatic rings. The monoisotopic (exact) mass is 705 g/mol. The number of rotatable bonds is 9. The number of sulfonamides is 1. The van der Waals surface area contributed by atoms with Gasteiger partial charge in [0.05, 0.1) is 23.9 Å². The van der Waals surface area contributed by atoms with Crippen LogP contribution in [0.2, 0.25) is 0 Å². The number of hydrogen-bond donors (Lipinski definition) is 2. The summed E-state index contributed by atoms with van der Waals surface area (Å²) in [5.74, 6) is -2.27. The minimum atomic E-state index is -5.19. The van der Waals surface area contributed by atoms with E-state index in [-0.39, 0.29) is 51.2 Å². The number of benzene rings is 4. The molecule has 0 radical (unpaired) electrons. The highest BCUT2D eigenvalue weighted by molar-refractivity contribution is 7.93. The van der Waals surface area contributed by atoms with Gasteiger partial charge in [-0.25, -0.2) is 8.42 Å². The number of alkyl halides is 3. The number of nitriles is 1. The van der Waals surface area contributed by atoms with Crippen LogP contribution in [-0.4, -0.2) is 64.3 Å². The molecule has 15 heteroatoms. The van der Waals surface area contributed by atoms with Crippen molar-refractivity contribution in [1.82, 2.24) is 10.2 Å². The molecule has 11 nitrogen and oxygen atoms in total. The quantitative estimate of drug-likeness (QED) is 0.246. The van der Waals surface area contributed by atoms with Crippen molar-refractivity contribution in [3.8, 4) is 17.6 Å². The van der Waals surface area contributed by atoms with Gasteiger partial charge in [-0.05, 0) is 67.6 Å². The topological polar surface area (TPSA) is 141 Å². The van der Waals surface area contributed by atoms with Crippen LogP contribution in [0.25, 0.3) is 0 Å². The highest BCUT2D eigenvalue weighted by atomic mass is 32.2. The van der Waals surface area contributed by atoms with Crippen molar-refractivity contribution in [3.63, 3.8) is 0 Å². The number of nitrogens with one attached hydrogen (secondary N) is 2. The van der Waals surface area contributed by atoms with Crippen molar-refractivity contribution in [3.05, 3.63) is 113 Å². The van der Waals surface area contributed by atoms with Crippen LogP contribution in [0.1, 0.15) is 34.0 Å². The molecule has 2 heterocycles. The maximum Gasteiger partial charge on any atom is 0.573 e. The summed E-state index contributed by atoms with van der Waals surface area (Å²) in [6.07, 6.45) is -5.19. The van der Waals surface area contributed by atoms with Crippen LogP contribution in [0.3, 0.4) is 0 Å². The summed E-state index contributed by atoms with van der Waals surface area (Å²) in [6, 6.07) is 22.2. The maximum atomic E-state index is 15.0. The van der Waals surface area contributed by atoms with Gasteiger partial charge in [0.15, 0.2) is 5.54 Å². The number of ether oxygens (including phenoxy) is 2. The highest BCUT2D eigenvalue weighted by Gasteiger charge is 2.58. The summed E-state index contributed by atoms with van der Waals surface area (Å²) in [5.41, 5.74) is -2.63. The van der Waals surface area contributed by atoms with E-state index in [1.54, 1.807) is 17.9 Å². The van der Waals surface area contributed by atoms with E-state index in [2.05, 4.69) is 15.4 Å². The molecule has 0 spiro atoms. The van der Waals surface area contributed by atoms with Crippen LogP contribution >= 0.6 is 0 Å². The van der Waals surface area contributed by atoms with Gasteiger partial charge < -0.3 is 25.0 Å². The first-order valence-electron chi connectivity index (χ1n) is 15.5. The van der Waals surface area contributed by atoms with Gasteiger partial charge in [-0.15, -0.1) is 13.2 Å². The first kappa shape index (κ1) is 34.3. The number of carbonyl (C=O) groups excluding carboxylic acids is 2. The summed E-state index contributed by atoms with van der Waals surface area (Å²) in [4.78, 5) is 29.5. The molecule has 1 unspecified atom stereocenters. The molecule has 50 heavy (non-hydrogen) atoms. The summed E-state index contributed by atoms with van der Waals surface area (Å²) in [5, 5.41) is 16.0. The van der Waals surface area contributed by atoms with Gasteiger partial charge in [0, 0.05) is 48.6 Å². The number of para-hydroxylation sites is 2. The fourth-order valence-corrected chi connectivity index (χ4v) is 7.74. The first-order chi connectivity index (χ1) is 23.9. The molecule has 0 aliphatic carbocycles. The molecular weight excluding hydrogens is 675 g/mol. The molecule has 4 aromatic rings. The Morgan fingerprint density at radius 1 is 0.960 bits per heavy atom. The summed E-state index contributed by atoms with van der Waals surface area (Å²) < 4.78 is 80.9. The second-order valence-electron chi connectivity index (χ2n) is 11.3. The van der Waals surface area contributed by atoms with Crippen LogP contribution in [0.15, 0.2) is 95.9 Å². The molecule has 2 amide bonds. The Hall–Kier alpha value is -5.59. The third-order valence-electron chi connectivity index (χ3n) is 8.31. The number of fused-ring (bicyclic) bond motifs is 1. The first-order valence-corrected chi connectivity index (χ1v) is 16.9. The molecule has 2 N–H and O–H groups in total. The summed E-state index contributed by atoms with van der Waals surface area (Å²) in [6.45, 7) is 4.02.